The van der Waals surface area contributed by atoms with Crippen LogP contribution in [0.25, 0.3) is 0 Å². The van der Waals surface area contributed by atoms with Crippen LogP contribution in [0.15, 0.2) is 53.8 Å². The van der Waals surface area contributed by atoms with Crippen LogP contribution in [0.3, 0.4) is 0 Å². The number of halogens is 9. The van der Waals surface area contributed by atoms with Crippen molar-refractivity contribution in [3.05, 3.63) is 82.2 Å². The number of anilines is 2. The van der Waals surface area contributed by atoms with Crippen molar-refractivity contribution in [2.24, 2.45) is 4.99 Å². The zero-order valence-corrected chi connectivity index (χ0v) is 26.8. The molecule has 10 nitrogen and oxygen atoms in total. The maximum Gasteiger partial charge on any atom is 0.416 e. The molecule has 0 spiro atoms. The van der Waals surface area contributed by atoms with Gasteiger partial charge in [0.05, 0.1) is 55.1 Å². The number of esters is 1. The lowest BCUT2D eigenvalue weighted by molar-refractivity contribution is -0.144. The van der Waals surface area contributed by atoms with Gasteiger partial charge < -0.3 is 29.3 Å². The fraction of sp³-hybridized carbons (Fsp3) is 0.438. The first-order chi connectivity index (χ1) is 24.0. The van der Waals surface area contributed by atoms with Gasteiger partial charge in [-0.1, -0.05) is 6.07 Å². The molecule has 0 bridgehead atoms. The van der Waals surface area contributed by atoms with E-state index < -0.39 is 65.9 Å². The number of methoxy groups -OCH3 is 1. The normalized spacial score (nSPS) is 16.8. The summed E-state index contributed by atoms with van der Waals surface area (Å²) in [7, 11) is 1.19. The summed E-state index contributed by atoms with van der Waals surface area (Å²) in [5.74, 6) is -0.776. The largest absolute Gasteiger partial charge is 0.467 e. The Labute approximate surface area is 285 Å². The second-order valence-electron chi connectivity index (χ2n) is 11.6. The lowest BCUT2D eigenvalue weighted by Gasteiger charge is -2.29. The summed E-state index contributed by atoms with van der Waals surface area (Å²) in [5.41, 5.74) is -3.57. The number of alkyl halides is 9. The van der Waals surface area contributed by atoms with Crippen LogP contribution in [-0.2, 0) is 57.0 Å². The molecular weight excluding hydrogens is 703 g/mol. The Balaban J connectivity index is 1.49. The van der Waals surface area contributed by atoms with Crippen molar-refractivity contribution < 1.29 is 58.5 Å². The average molecular weight is 735 g/mol. The summed E-state index contributed by atoms with van der Waals surface area (Å²) in [5, 5.41) is 2.85. The number of carbonyl (C=O) groups is 1. The molecule has 3 heterocycles. The molecule has 0 unspecified atom stereocenters. The third-order valence-electron chi connectivity index (χ3n) is 7.99. The van der Waals surface area contributed by atoms with Gasteiger partial charge in [-0.2, -0.15) is 39.5 Å². The first-order valence-corrected chi connectivity index (χ1v) is 15.4. The topological polar surface area (TPSA) is 101 Å². The first-order valence-electron chi connectivity index (χ1n) is 15.4. The molecule has 1 atom stereocenters. The van der Waals surface area contributed by atoms with Crippen LogP contribution in [0, 0.1) is 0 Å². The van der Waals surface area contributed by atoms with Crippen molar-refractivity contribution >= 4 is 23.6 Å². The molecule has 2 aromatic carbocycles. The number of hydrogen-bond donors (Lipinski definition) is 1. The average Bonchev–Trinajstić information content (AvgIpc) is 3.56. The van der Waals surface area contributed by atoms with Crippen LogP contribution in [0.2, 0.25) is 0 Å². The molecule has 1 fully saturated rings. The van der Waals surface area contributed by atoms with E-state index in [4.69, 9.17) is 9.47 Å². The highest BCUT2D eigenvalue weighted by atomic mass is 19.4. The zero-order valence-electron chi connectivity index (χ0n) is 26.8. The first kappa shape index (κ1) is 37.4. The molecule has 1 aromatic heterocycles. The number of carbonyl (C=O) groups excluding carboxylic acids is 1. The molecule has 5 rings (SSSR count). The van der Waals surface area contributed by atoms with Gasteiger partial charge in [-0.15, -0.1) is 0 Å². The van der Waals surface area contributed by atoms with Gasteiger partial charge in [0.1, 0.15) is 6.61 Å². The smallest absolute Gasteiger partial charge is 0.416 e. The summed E-state index contributed by atoms with van der Waals surface area (Å²) >= 11 is 0. The molecular formula is C32H31F9N6O4. The lowest BCUT2D eigenvalue weighted by atomic mass is 9.99. The van der Waals surface area contributed by atoms with Crippen LogP contribution in [0.5, 0.6) is 0 Å². The minimum absolute atomic E-state index is 0.00881. The molecule has 1 N–H and O–H groups in total. The van der Waals surface area contributed by atoms with Crippen molar-refractivity contribution in [2.75, 3.05) is 56.4 Å². The van der Waals surface area contributed by atoms with Gasteiger partial charge in [0.15, 0.2) is 6.04 Å². The molecule has 0 aliphatic carbocycles. The van der Waals surface area contributed by atoms with Crippen LogP contribution >= 0.6 is 0 Å². The zero-order chi connectivity index (χ0) is 37.0. The molecule has 0 saturated carbocycles. The second-order valence-corrected chi connectivity index (χ2v) is 11.6. The van der Waals surface area contributed by atoms with Crippen molar-refractivity contribution in [1.29, 1.82) is 0 Å². The Morgan fingerprint density at radius 3 is 2.10 bits per heavy atom. The number of morpholine rings is 1. The SMILES string of the molecule is COC(=O)[C@@H]1COC(NCCc2ccc(C(F)(F)F)cc2CN(Cc2cc(C(F)(F)F)cc(C(F)(F)F)c2)c2ncc(N3CCOCC3)cn2)=N1. The third-order valence-corrected chi connectivity index (χ3v) is 7.99. The predicted molar refractivity (Wildman–Crippen MR) is 164 cm³/mol. The van der Waals surface area contributed by atoms with Gasteiger partial charge in [-0.05, 0) is 53.4 Å². The number of benzene rings is 2. The number of nitrogens with one attached hydrogen (secondary N) is 1. The van der Waals surface area contributed by atoms with Gasteiger partial charge in [0, 0.05) is 32.7 Å². The molecule has 19 heteroatoms. The van der Waals surface area contributed by atoms with Crippen LogP contribution in [-0.4, -0.2) is 74.6 Å². The fourth-order valence-corrected chi connectivity index (χ4v) is 5.42. The number of aliphatic imine (C=N–C) groups is 1. The summed E-state index contributed by atoms with van der Waals surface area (Å²) in [6.07, 6.45) is -12.1. The molecule has 0 amide bonds. The standard InChI is InChI=1S/C32H31F9N6O4/c1-49-27(48)26-18-51-29(45-26)42-5-4-20-2-3-22(30(33,34)35)12-21(20)17-47(28-43-14-25(15-44-28)46-6-8-50-9-7-46)16-19-10-23(31(36,37)38)13-24(11-19)32(39,40)41/h2-3,10-15,26H,4-9,16-18H2,1H3,(H,42,45)/t26-/m0/s1. The van der Waals surface area contributed by atoms with Gasteiger partial charge >= 0.3 is 24.5 Å². The van der Waals surface area contributed by atoms with E-state index in [1.54, 1.807) is 0 Å². The number of ether oxygens (including phenoxy) is 3. The van der Waals surface area contributed by atoms with Crippen LogP contribution < -0.4 is 15.1 Å². The van der Waals surface area contributed by atoms with Crippen LogP contribution in [0.1, 0.15) is 33.4 Å². The Morgan fingerprint density at radius 2 is 1.51 bits per heavy atom. The number of rotatable bonds is 10. The molecule has 3 aromatic rings. The molecule has 1 saturated heterocycles. The van der Waals surface area contributed by atoms with E-state index in [1.807, 2.05) is 4.90 Å². The lowest BCUT2D eigenvalue weighted by Crippen LogP contribution is -2.36. The summed E-state index contributed by atoms with van der Waals surface area (Å²) in [4.78, 5) is 27.5. The Bertz CT molecular complexity index is 1680. The van der Waals surface area contributed by atoms with E-state index in [2.05, 4.69) is 25.0 Å². The summed E-state index contributed by atoms with van der Waals surface area (Å²) in [6, 6.07) is 3.14. The van der Waals surface area contributed by atoms with E-state index in [9.17, 15) is 44.3 Å². The second kappa shape index (κ2) is 15.2. The van der Waals surface area contributed by atoms with Crippen molar-refractivity contribution in [1.82, 2.24) is 15.3 Å². The van der Waals surface area contributed by atoms with E-state index in [0.717, 1.165) is 12.1 Å². The van der Waals surface area contributed by atoms with Gasteiger partial charge in [0.25, 0.3) is 6.02 Å². The number of hydrogen-bond acceptors (Lipinski definition) is 10. The highest BCUT2D eigenvalue weighted by Gasteiger charge is 2.37. The van der Waals surface area contributed by atoms with Gasteiger partial charge in [-0.3, -0.25) is 0 Å². The molecule has 2 aliphatic rings. The maximum absolute atomic E-state index is 13.9. The number of amidine groups is 1. The Morgan fingerprint density at radius 1 is 0.882 bits per heavy atom. The van der Waals surface area contributed by atoms with Crippen molar-refractivity contribution in [3.8, 4) is 0 Å². The van der Waals surface area contributed by atoms with E-state index >= 15 is 0 Å². The monoisotopic (exact) mass is 734 g/mol. The number of nitrogens with zero attached hydrogens (tertiary/aromatic N) is 5. The van der Waals surface area contributed by atoms with Crippen LogP contribution in [0.4, 0.5) is 51.1 Å². The van der Waals surface area contributed by atoms with E-state index in [0.29, 0.717) is 49.7 Å². The summed E-state index contributed by atoms with van der Waals surface area (Å²) in [6.45, 7) is 0.822. The van der Waals surface area contributed by atoms with Gasteiger partial charge in [0.2, 0.25) is 5.95 Å². The Hall–Kier alpha value is -4.81. The molecule has 2 aliphatic heterocycles. The Kier molecular flexibility index (Phi) is 11.2. The molecule has 276 valence electrons. The molecule has 51 heavy (non-hydrogen) atoms. The highest BCUT2D eigenvalue weighted by Crippen LogP contribution is 2.37. The third kappa shape index (κ3) is 9.71. The number of aromatic nitrogens is 2. The predicted octanol–water partition coefficient (Wildman–Crippen LogP) is 5.64. The van der Waals surface area contributed by atoms with Crippen molar-refractivity contribution in [2.45, 2.75) is 44.1 Å². The quantitative estimate of drug-likeness (QED) is 0.210. The minimum atomic E-state index is -5.12. The van der Waals surface area contributed by atoms with E-state index in [-0.39, 0.29) is 43.2 Å². The maximum atomic E-state index is 13.9. The highest BCUT2D eigenvalue weighted by molar-refractivity contribution is 5.84. The fourth-order valence-electron chi connectivity index (χ4n) is 5.42. The minimum Gasteiger partial charge on any atom is -0.467 e. The van der Waals surface area contributed by atoms with Crippen molar-refractivity contribution in [3.63, 3.8) is 0 Å². The summed E-state index contributed by atoms with van der Waals surface area (Å²) < 4.78 is 139. The van der Waals surface area contributed by atoms with Gasteiger partial charge in [-0.25, -0.2) is 19.8 Å². The van der Waals surface area contributed by atoms with E-state index in [1.165, 1.54) is 30.5 Å². The molecule has 0 radical (unpaired) electrons.